The summed E-state index contributed by atoms with van der Waals surface area (Å²) in [5.41, 5.74) is -0.108. The molecule has 7 nitrogen and oxygen atoms in total. The van der Waals surface area contributed by atoms with E-state index < -0.39 is 16.0 Å². The second-order valence-electron chi connectivity index (χ2n) is 3.31. The van der Waals surface area contributed by atoms with Crippen LogP contribution >= 0.6 is 0 Å². The number of aromatic nitrogens is 2. The molecule has 0 saturated carbocycles. The highest BCUT2D eigenvalue weighted by molar-refractivity contribution is 7.89. The molecule has 0 fully saturated rings. The van der Waals surface area contributed by atoms with Gasteiger partial charge in [0.05, 0.1) is 12.8 Å². The fourth-order valence-corrected chi connectivity index (χ4v) is 2.33. The lowest BCUT2D eigenvalue weighted by Gasteiger charge is -2.05. The molecule has 1 heterocycles. The summed E-state index contributed by atoms with van der Waals surface area (Å²) in [4.78, 5) is 11.5. The number of carbonyl (C=O) groups excluding carboxylic acids is 1. The standard InChI is InChI=1S/C10H15N3O4S/c1-3-5-6-12-18(15,16)9-8(7-11-13-9)10(14)17-4-2/h3,7,12H,1,4-6H2,2H3,(H,11,13). The van der Waals surface area contributed by atoms with Crippen LogP contribution in [0.5, 0.6) is 0 Å². The molecule has 0 spiro atoms. The molecule has 18 heavy (non-hydrogen) atoms. The van der Waals surface area contributed by atoms with E-state index in [0.717, 1.165) is 6.20 Å². The van der Waals surface area contributed by atoms with E-state index >= 15 is 0 Å². The third kappa shape index (κ3) is 3.41. The lowest BCUT2D eigenvalue weighted by molar-refractivity contribution is 0.0522. The van der Waals surface area contributed by atoms with E-state index in [-0.39, 0.29) is 23.7 Å². The highest BCUT2D eigenvalue weighted by Gasteiger charge is 2.25. The topological polar surface area (TPSA) is 101 Å². The fourth-order valence-electron chi connectivity index (χ4n) is 1.20. The molecule has 1 rings (SSSR count). The third-order valence-corrected chi connectivity index (χ3v) is 3.44. The fraction of sp³-hybridized carbons (Fsp3) is 0.400. The zero-order chi connectivity index (χ0) is 13.6. The molecule has 1 aromatic rings. The van der Waals surface area contributed by atoms with E-state index in [1.807, 2.05) is 0 Å². The van der Waals surface area contributed by atoms with Gasteiger partial charge in [0.25, 0.3) is 10.0 Å². The van der Waals surface area contributed by atoms with Crippen LogP contribution in [0.1, 0.15) is 23.7 Å². The van der Waals surface area contributed by atoms with Gasteiger partial charge in [0.15, 0.2) is 5.03 Å². The van der Waals surface area contributed by atoms with Crippen molar-refractivity contribution in [2.24, 2.45) is 0 Å². The zero-order valence-corrected chi connectivity index (χ0v) is 10.8. The molecule has 0 aliphatic rings. The number of nitrogens with one attached hydrogen (secondary N) is 2. The number of rotatable bonds is 7. The van der Waals surface area contributed by atoms with Crippen LogP contribution in [-0.2, 0) is 14.8 Å². The molecule has 0 aliphatic carbocycles. The molecule has 0 atom stereocenters. The Morgan fingerprint density at radius 1 is 1.67 bits per heavy atom. The van der Waals surface area contributed by atoms with Gasteiger partial charge in [0, 0.05) is 6.54 Å². The molecule has 100 valence electrons. The van der Waals surface area contributed by atoms with Gasteiger partial charge in [-0.1, -0.05) is 6.08 Å². The highest BCUT2D eigenvalue weighted by atomic mass is 32.2. The lowest BCUT2D eigenvalue weighted by atomic mass is 10.4. The van der Waals surface area contributed by atoms with Crippen LogP contribution in [0.25, 0.3) is 0 Å². The summed E-state index contributed by atoms with van der Waals surface area (Å²) >= 11 is 0. The van der Waals surface area contributed by atoms with E-state index in [0.29, 0.717) is 6.42 Å². The van der Waals surface area contributed by atoms with Gasteiger partial charge in [-0.2, -0.15) is 5.10 Å². The van der Waals surface area contributed by atoms with Crippen molar-refractivity contribution in [1.29, 1.82) is 0 Å². The number of hydrogen-bond acceptors (Lipinski definition) is 5. The van der Waals surface area contributed by atoms with Crippen LogP contribution < -0.4 is 4.72 Å². The molecule has 0 unspecified atom stereocenters. The first-order valence-corrected chi connectivity index (χ1v) is 6.82. The molecule has 0 amide bonds. The summed E-state index contributed by atoms with van der Waals surface area (Å²) < 4.78 is 30.8. The van der Waals surface area contributed by atoms with Crippen molar-refractivity contribution in [3.63, 3.8) is 0 Å². The number of nitrogens with zero attached hydrogens (tertiary/aromatic N) is 1. The van der Waals surface area contributed by atoms with Gasteiger partial charge in [0.1, 0.15) is 5.56 Å². The van der Waals surface area contributed by atoms with Crippen LogP contribution in [-0.4, -0.2) is 37.7 Å². The Balaban J connectivity index is 2.92. The van der Waals surface area contributed by atoms with Crippen molar-refractivity contribution < 1.29 is 17.9 Å². The Bertz CT molecular complexity index is 521. The van der Waals surface area contributed by atoms with E-state index in [1.165, 1.54) is 0 Å². The average Bonchev–Trinajstić information content (AvgIpc) is 2.79. The first-order chi connectivity index (χ1) is 8.53. The van der Waals surface area contributed by atoms with Crippen LogP contribution in [0.3, 0.4) is 0 Å². The van der Waals surface area contributed by atoms with E-state index in [4.69, 9.17) is 4.74 Å². The first-order valence-electron chi connectivity index (χ1n) is 5.34. The normalized spacial score (nSPS) is 11.2. The predicted octanol–water partition coefficient (Wildman–Crippen LogP) is 0.441. The molecule has 1 aromatic heterocycles. The van der Waals surface area contributed by atoms with Crippen molar-refractivity contribution in [3.8, 4) is 0 Å². The van der Waals surface area contributed by atoms with Gasteiger partial charge in [-0.05, 0) is 13.3 Å². The SMILES string of the molecule is C=CCCNS(=O)(=O)c1[nH]ncc1C(=O)OCC. The van der Waals surface area contributed by atoms with Crippen molar-refractivity contribution >= 4 is 16.0 Å². The molecule has 0 radical (unpaired) electrons. The Kier molecular flexibility index (Phi) is 5.05. The van der Waals surface area contributed by atoms with Crippen molar-refractivity contribution in [3.05, 3.63) is 24.4 Å². The Hall–Kier alpha value is -1.67. The molecule has 0 saturated heterocycles. The second kappa shape index (κ2) is 6.31. The van der Waals surface area contributed by atoms with Gasteiger partial charge < -0.3 is 4.74 Å². The first kappa shape index (κ1) is 14.4. The maximum Gasteiger partial charge on any atom is 0.342 e. The summed E-state index contributed by atoms with van der Waals surface area (Å²) in [6, 6.07) is 0. The quantitative estimate of drug-likeness (QED) is 0.426. The number of H-pyrrole nitrogens is 1. The van der Waals surface area contributed by atoms with E-state index in [1.54, 1.807) is 13.0 Å². The van der Waals surface area contributed by atoms with Crippen LogP contribution in [0, 0.1) is 0 Å². The Labute approximate surface area is 105 Å². The largest absolute Gasteiger partial charge is 0.462 e. The van der Waals surface area contributed by atoms with Crippen molar-refractivity contribution in [2.45, 2.75) is 18.4 Å². The zero-order valence-electron chi connectivity index (χ0n) is 9.97. The van der Waals surface area contributed by atoms with Crippen LogP contribution in [0.4, 0.5) is 0 Å². The number of ether oxygens (including phenoxy) is 1. The maximum absolute atomic E-state index is 11.9. The Morgan fingerprint density at radius 2 is 2.39 bits per heavy atom. The maximum atomic E-state index is 11.9. The van der Waals surface area contributed by atoms with E-state index in [9.17, 15) is 13.2 Å². The molecule has 0 aromatic carbocycles. The third-order valence-electron chi connectivity index (χ3n) is 2.01. The smallest absolute Gasteiger partial charge is 0.342 e. The average molecular weight is 273 g/mol. The monoisotopic (exact) mass is 273 g/mol. The minimum Gasteiger partial charge on any atom is -0.462 e. The molecular weight excluding hydrogens is 258 g/mol. The highest BCUT2D eigenvalue weighted by Crippen LogP contribution is 2.12. The molecule has 0 bridgehead atoms. The molecule has 8 heteroatoms. The minimum atomic E-state index is -3.80. The minimum absolute atomic E-state index is 0.108. The second-order valence-corrected chi connectivity index (χ2v) is 5.01. The summed E-state index contributed by atoms with van der Waals surface area (Å²) in [5.74, 6) is -0.727. The molecule has 0 aliphatic heterocycles. The van der Waals surface area contributed by atoms with Gasteiger partial charge in [-0.25, -0.2) is 17.9 Å². The number of hydrogen-bond donors (Lipinski definition) is 2. The van der Waals surface area contributed by atoms with Crippen LogP contribution in [0.15, 0.2) is 23.9 Å². The van der Waals surface area contributed by atoms with Gasteiger partial charge in [0.2, 0.25) is 0 Å². The number of esters is 1. The summed E-state index contributed by atoms with van der Waals surface area (Å²) in [6.45, 7) is 5.48. The van der Waals surface area contributed by atoms with Gasteiger partial charge >= 0.3 is 5.97 Å². The summed E-state index contributed by atoms with van der Waals surface area (Å²) in [7, 11) is -3.80. The van der Waals surface area contributed by atoms with Gasteiger partial charge in [-0.3, -0.25) is 5.10 Å². The molecule has 2 N–H and O–H groups in total. The molecular formula is C10H15N3O4S. The number of aromatic amines is 1. The number of sulfonamides is 1. The van der Waals surface area contributed by atoms with E-state index in [2.05, 4.69) is 21.5 Å². The summed E-state index contributed by atoms with van der Waals surface area (Å²) in [5, 5.41) is 5.55. The van der Waals surface area contributed by atoms with Gasteiger partial charge in [-0.15, -0.1) is 6.58 Å². The van der Waals surface area contributed by atoms with Crippen LogP contribution in [0.2, 0.25) is 0 Å². The predicted molar refractivity (Wildman–Crippen MR) is 64.5 cm³/mol. The lowest BCUT2D eigenvalue weighted by Crippen LogP contribution is -2.26. The summed E-state index contributed by atoms with van der Waals surface area (Å²) in [6.07, 6.45) is 3.20. The van der Waals surface area contributed by atoms with Crippen molar-refractivity contribution in [2.75, 3.05) is 13.2 Å². The van der Waals surface area contributed by atoms with Crippen molar-refractivity contribution in [1.82, 2.24) is 14.9 Å². The number of carbonyl (C=O) groups is 1. The Morgan fingerprint density at radius 3 is 3.00 bits per heavy atom.